The first kappa shape index (κ1) is 14.3. The number of anilines is 1. The molecule has 2 aromatic rings. The maximum absolute atomic E-state index is 12.4. The van der Waals surface area contributed by atoms with E-state index in [-0.39, 0.29) is 11.3 Å². The molecule has 1 amide bonds. The summed E-state index contributed by atoms with van der Waals surface area (Å²) in [5.74, 6) is 0.765. The van der Waals surface area contributed by atoms with Crippen LogP contribution in [0.5, 0.6) is 5.75 Å². The average molecular weight is 308 g/mol. The molecular weight excluding hydrogens is 288 g/mol. The van der Waals surface area contributed by atoms with E-state index >= 15 is 0 Å². The summed E-state index contributed by atoms with van der Waals surface area (Å²) in [7, 11) is 0. The molecule has 1 spiro atoms. The highest BCUT2D eigenvalue weighted by Crippen LogP contribution is 2.44. The van der Waals surface area contributed by atoms with Gasteiger partial charge in [0.2, 0.25) is 0 Å². The molecule has 1 saturated heterocycles. The summed E-state index contributed by atoms with van der Waals surface area (Å²) < 4.78 is 5.93. The van der Waals surface area contributed by atoms with Crippen LogP contribution in [0.1, 0.15) is 28.8 Å². The van der Waals surface area contributed by atoms with Gasteiger partial charge < -0.3 is 15.4 Å². The number of benzene rings is 2. The van der Waals surface area contributed by atoms with Crippen LogP contribution in [0.25, 0.3) is 0 Å². The Morgan fingerprint density at radius 2 is 1.87 bits per heavy atom. The van der Waals surface area contributed by atoms with Gasteiger partial charge in [-0.05, 0) is 50.2 Å². The standard InChI is InChI=1S/C19H20N2O2/c22-18(21-15-4-2-1-3-5-15)14-6-7-16-17(12-14)23-13-19(16)8-10-20-11-9-19/h1-7,12,20H,8-11,13H2,(H,21,22). The van der Waals surface area contributed by atoms with E-state index in [1.54, 1.807) is 0 Å². The third-order valence-corrected chi connectivity index (χ3v) is 4.91. The Morgan fingerprint density at radius 3 is 2.65 bits per heavy atom. The van der Waals surface area contributed by atoms with Gasteiger partial charge in [0, 0.05) is 22.2 Å². The van der Waals surface area contributed by atoms with Gasteiger partial charge in [0.1, 0.15) is 5.75 Å². The van der Waals surface area contributed by atoms with Crippen molar-refractivity contribution in [3.05, 3.63) is 59.7 Å². The Hall–Kier alpha value is -2.33. The average Bonchev–Trinajstić information content (AvgIpc) is 2.94. The molecule has 2 aromatic carbocycles. The minimum atomic E-state index is -0.103. The van der Waals surface area contributed by atoms with Crippen LogP contribution >= 0.6 is 0 Å². The number of hydrogen-bond acceptors (Lipinski definition) is 3. The topological polar surface area (TPSA) is 50.4 Å². The second kappa shape index (κ2) is 5.70. The van der Waals surface area contributed by atoms with Crippen molar-refractivity contribution >= 4 is 11.6 Å². The van der Waals surface area contributed by atoms with Crippen molar-refractivity contribution in [1.29, 1.82) is 0 Å². The van der Waals surface area contributed by atoms with Crippen LogP contribution < -0.4 is 15.4 Å². The van der Waals surface area contributed by atoms with Gasteiger partial charge in [0.15, 0.2) is 0 Å². The van der Waals surface area contributed by atoms with Crippen LogP contribution in [0, 0.1) is 0 Å². The second-order valence-corrected chi connectivity index (χ2v) is 6.35. The van der Waals surface area contributed by atoms with Crippen molar-refractivity contribution in [2.75, 3.05) is 25.0 Å². The van der Waals surface area contributed by atoms with Crippen LogP contribution in [0.3, 0.4) is 0 Å². The first-order valence-electron chi connectivity index (χ1n) is 8.11. The molecule has 4 heteroatoms. The Balaban J connectivity index is 1.57. The van der Waals surface area contributed by atoms with Gasteiger partial charge >= 0.3 is 0 Å². The van der Waals surface area contributed by atoms with Gasteiger partial charge in [-0.15, -0.1) is 0 Å². The summed E-state index contributed by atoms with van der Waals surface area (Å²) in [6.07, 6.45) is 2.19. The highest BCUT2D eigenvalue weighted by molar-refractivity contribution is 6.04. The maximum Gasteiger partial charge on any atom is 0.255 e. The first-order chi connectivity index (χ1) is 11.3. The Bertz CT molecular complexity index is 721. The van der Waals surface area contributed by atoms with E-state index in [0.717, 1.165) is 44.0 Å². The predicted molar refractivity (Wildman–Crippen MR) is 90.1 cm³/mol. The normalized spacial score (nSPS) is 18.3. The number of fused-ring (bicyclic) bond motifs is 2. The number of hydrogen-bond donors (Lipinski definition) is 2. The number of rotatable bonds is 2. The van der Waals surface area contributed by atoms with Crippen molar-refractivity contribution in [3.8, 4) is 5.75 Å². The third-order valence-electron chi connectivity index (χ3n) is 4.91. The molecular formula is C19H20N2O2. The second-order valence-electron chi connectivity index (χ2n) is 6.35. The molecule has 2 aliphatic rings. The fourth-order valence-corrected chi connectivity index (χ4v) is 3.56. The molecule has 2 aliphatic heterocycles. The van der Waals surface area contributed by atoms with E-state index in [2.05, 4.69) is 16.7 Å². The van der Waals surface area contributed by atoms with Gasteiger partial charge in [0.25, 0.3) is 5.91 Å². The monoisotopic (exact) mass is 308 g/mol. The van der Waals surface area contributed by atoms with Crippen molar-refractivity contribution in [2.45, 2.75) is 18.3 Å². The molecule has 2 N–H and O–H groups in total. The van der Waals surface area contributed by atoms with Crippen molar-refractivity contribution in [1.82, 2.24) is 5.32 Å². The van der Waals surface area contributed by atoms with Gasteiger partial charge in [-0.2, -0.15) is 0 Å². The smallest absolute Gasteiger partial charge is 0.255 e. The summed E-state index contributed by atoms with van der Waals surface area (Å²) in [5.41, 5.74) is 2.83. The predicted octanol–water partition coefficient (Wildman–Crippen LogP) is 2.95. The summed E-state index contributed by atoms with van der Waals surface area (Å²) >= 11 is 0. The lowest BCUT2D eigenvalue weighted by Crippen LogP contribution is -2.40. The van der Waals surface area contributed by atoms with Crippen LogP contribution in [-0.4, -0.2) is 25.6 Å². The summed E-state index contributed by atoms with van der Waals surface area (Å²) in [5, 5.41) is 6.32. The zero-order chi connectivity index (χ0) is 15.7. The molecule has 4 nitrogen and oxygen atoms in total. The van der Waals surface area contributed by atoms with E-state index in [1.807, 2.05) is 42.5 Å². The molecule has 118 valence electrons. The van der Waals surface area contributed by atoms with Crippen LogP contribution in [0.2, 0.25) is 0 Å². The molecule has 23 heavy (non-hydrogen) atoms. The zero-order valence-electron chi connectivity index (χ0n) is 13.0. The van der Waals surface area contributed by atoms with Gasteiger partial charge in [-0.1, -0.05) is 24.3 Å². The summed E-state index contributed by atoms with van der Waals surface area (Å²) in [6.45, 7) is 2.78. The Morgan fingerprint density at radius 1 is 1.09 bits per heavy atom. The van der Waals surface area contributed by atoms with E-state index < -0.39 is 0 Å². The maximum atomic E-state index is 12.4. The van der Waals surface area contributed by atoms with Crippen LogP contribution in [-0.2, 0) is 5.41 Å². The fraction of sp³-hybridized carbons (Fsp3) is 0.316. The molecule has 1 fully saturated rings. The van der Waals surface area contributed by atoms with E-state index in [4.69, 9.17) is 4.74 Å². The molecule has 2 heterocycles. The molecule has 0 aliphatic carbocycles. The van der Waals surface area contributed by atoms with E-state index in [1.165, 1.54) is 5.56 Å². The number of carbonyl (C=O) groups is 1. The highest BCUT2D eigenvalue weighted by Gasteiger charge is 2.41. The van der Waals surface area contributed by atoms with Gasteiger partial charge in [0.05, 0.1) is 6.61 Å². The van der Waals surface area contributed by atoms with Gasteiger partial charge in [-0.25, -0.2) is 0 Å². The fourth-order valence-electron chi connectivity index (χ4n) is 3.56. The largest absolute Gasteiger partial charge is 0.492 e. The number of piperidine rings is 1. The van der Waals surface area contributed by atoms with Crippen LogP contribution in [0.4, 0.5) is 5.69 Å². The SMILES string of the molecule is O=C(Nc1ccccc1)c1ccc2c(c1)OCC21CCNCC1. The lowest BCUT2D eigenvalue weighted by atomic mass is 9.75. The lowest BCUT2D eigenvalue weighted by Gasteiger charge is -2.32. The summed E-state index contributed by atoms with van der Waals surface area (Å²) in [4.78, 5) is 12.4. The molecule has 0 bridgehead atoms. The molecule has 0 atom stereocenters. The van der Waals surface area contributed by atoms with Crippen molar-refractivity contribution in [3.63, 3.8) is 0 Å². The third kappa shape index (κ3) is 2.59. The first-order valence-corrected chi connectivity index (χ1v) is 8.11. The lowest BCUT2D eigenvalue weighted by molar-refractivity contribution is 0.102. The molecule has 0 aromatic heterocycles. The van der Waals surface area contributed by atoms with Crippen LogP contribution in [0.15, 0.2) is 48.5 Å². The minimum Gasteiger partial charge on any atom is -0.492 e. The van der Waals surface area contributed by atoms with Gasteiger partial charge in [-0.3, -0.25) is 4.79 Å². The van der Waals surface area contributed by atoms with Crippen molar-refractivity contribution < 1.29 is 9.53 Å². The number of para-hydroxylation sites is 1. The minimum absolute atomic E-state index is 0.103. The number of carbonyl (C=O) groups excluding carboxylic acids is 1. The van der Waals surface area contributed by atoms with E-state index in [0.29, 0.717) is 5.56 Å². The Labute approximate surface area is 135 Å². The number of ether oxygens (including phenoxy) is 1. The number of nitrogens with one attached hydrogen (secondary N) is 2. The number of amides is 1. The van der Waals surface area contributed by atoms with E-state index in [9.17, 15) is 4.79 Å². The quantitative estimate of drug-likeness (QED) is 0.897. The zero-order valence-corrected chi connectivity index (χ0v) is 13.0. The molecule has 0 radical (unpaired) electrons. The summed E-state index contributed by atoms with van der Waals surface area (Å²) in [6, 6.07) is 15.4. The molecule has 0 unspecified atom stereocenters. The Kier molecular flexibility index (Phi) is 3.54. The van der Waals surface area contributed by atoms with Crippen molar-refractivity contribution in [2.24, 2.45) is 0 Å². The highest BCUT2D eigenvalue weighted by atomic mass is 16.5. The molecule has 4 rings (SSSR count). The molecule has 0 saturated carbocycles.